The van der Waals surface area contributed by atoms with Gasteiger partial charge in [0, 0.05) is 19.1 Å². The molecule has 0 saturated carbocycles. The Morgan fingerprint density at radius 2 is 2.00 bits per heavy atom. The average molecular weight is 438 g/mol. The molecule has 22 heavy (non-hydrogen) atoms. The number of amides is 1. The first-order valence-corrected chi connectivity index (χ1v) is 6.86. The number of carbonyl (C=O) groups excluding carboxylic acids is 1. The van der Waals surface area contributed by atoms with E-state index < -0.39 is 12.6 Å². The Kier molecular flexibility index (Phi) is 9.53. The van der Waals surface area contributed by atoms with Gasteiger partial charge >= 0.3 is 12.3 Å². The minimum Gasteiger partial charge on any atom is -0.450 e. The highest BCUT2D eigenvalue weighted by Crippen LogP contribution is 2.18. The fourth-order valence-electron chi connectivity index (χ4n) is 1.98. The smallest absolute Gasteiger partial charge is 0.409 e. The quantitative estimate of drug-likeness (QED) is 0.400. The standard InChI is InChI=1S/C12H21F3N4O2.HI/c1-2-21-11(20)19-7-3-9(4-8-19)18-10(16)17-6-5-12(13,14)15;/h9H,2-8H2,1H3,(H3,16,17,18);1H. The fraction of sp³-hybridized carbons (Fsp3) is 0.833. The number of ether oxygens (including phenoxy) is 1. The van der Waals surface area contributed by atoms with E-state index in [4.69, 9.17) is 10.5 Å². The van der Waals surface area contributed by atoms with Crippen LogP contribution in [0, 0.1) is 0 Å². The SMILES string of the molecule is CCOC(=O)N1CCC(NC(N)=NCCC(F)(F)F)CC1.I. The van der Waals surface area contributed by atoms with E-state index in [0.29, 0.717) is 32.5 Å². The highest BCUT2D eigenvalue weighted by Gasteiger charge is 2.26. The Balaban J connectivity index is 0.00000441. The van der Waals surface area contributed by atoms with E-state index in [1.807, 2.05) is 0 Å². The summed E-state index contributed by atoms with van der Waals surface area (Å²) in [6, 6.07) is 0.00492. The Morgan fingerprint density at radius 1 is 1.41 bits per heavy atom. The van der Waals surface area contributed by atoms with E-state index in [1.165, 1.54) is 0 Å². The summed E-state index contributed by atoms with van der Waals surface area (Å²) >= 11 is 0. The molecule has 0 atom stereocenters. The molecule has 0 unspecified atom stereocenters. The van der Waals surface area contributed by atoms with Crippen LogP contribution < -0.4 is 11.1 Å². The Morgan fingerprint density at radius 3 is 2.50 bits per heavy atom. The van der Waals surface area contributed by atoms with Gasteiger partial charge in [0.05, 0.1) is 19.6 Å². The van der Waals surface area contributed by atoms with Gasteiger partial charge in [0.25, 0.3) is 0 Å². The number of nitrogens with zero attached hydrogens (tertiary/aromatic N) is 2. The predicted octanol–water partition coefficient (Wildman–Crippen LogP) is 2.08. The van der Waals surface area contributed by atoms with Gasteiger partial charge in [-0.15, -0.1) is 24.0 Å². The van der Waals surface area contributed by atoms with Gasteiger partial charge < -0.3 is 20.7 Å². The molecule has 0 aromatic heterocycles. The third-order valence-corrected chi connectivity index (χ3v) is 3.05. The van der Waals surface area contributed by atoms with Crippen molar-refractivity contribution in [3.63, 3.8) is 0 Å². The minimum absolute atomic E-state index is 0. The second kappa shape index (κ2) is 9.95. The molecule has 1 amide bonds. The Hall–Kier alpha value is -0.940. The molecular formula is C12H22F3IN4O2. The number of nitrogens with two attached hydrogens (primary N) is 1. The van der Waals surface area contributed by atoms with Gasteiger partial charge in [-0.1, -0.05) is 0 Å². The molecule has 130 valence electrons. The number of alkyl halides is 3. The number of aliphatic imine (C=N–C) groups is 1. The zero-order chi connectivity index (χ0) is 15.9. The molecule has 1 aliphatic rings. The fourth-order valence-corrected chi connectivity index (χ4v) is 1.98. The van der Waals surface area contributed by atoms with Crippen molar-refractivity contribution in [3.05, 3.63) is 0 Å². The van der Waals surface area contributed by atoms with Crippen LogP contribution in [-0.4, -0.2) is 55.4 Å². The minimum atomic E-state index is -4.23. The van der Waals surface area contributed by atoms with Gasteiger partial charge in [0.15, 0.2) is 5.96 Å². The lowest BCUT2D eigenvalue weighted by atomic mass is 10.1. The van der Waals surface area contributed by atoms with Crippen LogP contribution in [0.15, 0.2) is 4.99 Å². The largest absolute Gasteiger partial charge is 0.450 e. The molecule has 0 radical (unpaired) electrons. The zero-order valence-electron chi connectivity index (χ0n) is 12.4. The van der Waals surface area contributed by atoms with Gasteiger partial charge in [-0.25, -0.2) is 4.79 Å². The summed E-state index contributed by atoms with van der Waals surface area (Å²) in [5.41, 5.74) is 5.54. The lowest BCUT2D eigenvalue weighted by Crippen LogP contribution is -2.48. The normalized spacial score (nSPS) is 16.9. The second-order valence-electron chi connectivity index (χ2n) is 4.74. The van der Waals surface area contributed by atoms with Crippen LogP contribution in [0.25, 0.3) is 0 Å². The van der Waals surface area contributed by atoms with Gasteiger partial charge in [0.1, 0.15) is 0 Å². The zero-order valence-corrected chi connectivity index (χ0v) is 14.7. The molecule has 1 heterocycles. The highest BCUT2D eigenvalue weighted by atomic mass is 127. The van der Waals surface area contributed by atoms with Crippen molar-refractivity contribution in [1.82, 2.24) is 10.2 Å². The van der Waals surface area contributed by atoms with Crippen molar-refractivity contribution >= 4 is 36.0 Å². The molecular weight excluding hydrogens is 416 g/mol. The van der Waals surface area contributed by atoms with Gasteiger partial charge in [-0.05, 0) is 19.8 Å². The van der Waals surface area contributed by atoms with Crippen LogP contribution in [0.4, 0.5) is 18.0 Å². The summed E-state index contributed by atoms with van der Waals surface area (Å²) in [5.74, 6) is 0.00818. The van der Waals surface area contributed by atoms with E-state index >= 15 is 0 Å². The first-order chi connectivity index (χ1) is 9.81. The van der Waals surface area contributed by atoms with Crippen LogP contribution in [0.3, 0.4) is 0 Å². The molecule has 0 spiro atoms. The van der Waals surface area contributed by atoms with Gasteiger partial charge in [0.2, 0.25) is 0 Å². The summed E-state index contributed by atoms with van der Waals surface area (Å²) < 4.78 is 40.8. The van der Waals surface area contributed by atoms with Crippen molar-refractivity contribution in [1.29, 1.82) is 0 Å². The third kappa shape index (κ3) is 8.49. The predicted molar refractivity (Wildman–Crippen MR) is 87.3 cm³/mol. The number of guanidine groups is 1. The van der Waals surface area contributed by atoms with E-state index in [1.54, 1.807) is 11.8 Å². The van der Waals surface area contributed by atoms with E-state index in [0.717, 1.165) is 0 Å². The maximum absolute atomic E-state index is 12.0. The number of piperidine rings is 1. The third-order valence-electron chi connectivity index (χ3n) is 3.05. The lowest BCUT2D eigenvalue weighted by Gasteiger charge is -2.31. The van der Waals surface area contributed by atoms with Crippen molar-refractivity contribution in [2.24, 2.45) is 10.7 Å². The number of hydrogen-bond acceptors (Lipinski definition) is 3. The topological polar surface area (TPSA) is 80.0 Å². The van der Waals surface area contributed by atoms with Crippen LogP contribution >= 0.6 is 24.0 Å². The molecule has 1 fully saturated rings. The summed E-state index contributed by atoms with van der Waals surface area (Å²) in [5, 5.41) is 2.88. The molecule has 3 N–H and O–H groups in total. The van der Waals surface area contributed by atoms with Crippen LogP contribution in [0.1, 0.15) is 26.2 Å². The summed E-state index contributed by atoms with van der Waals surface area (Å²) in [4.78, 5) is 16.7. The van der Waals surface area contributed by atoms with Gasteiger partial charge in [-0.2, -0.15) is 13.2 Å². The van der Waals surface area contributed by atoms with Crippen molar-refractivity contribution in [2.75, 3.05) is 26.2 Å². The molecule has 0 aliphatic carbocycles. The maximum atomic E-state index is 12.0. The molecule has 6 nitrogen and oxygen atoms in total. The number of hydrogen-bond donors (Lipinski definition) is 2. The Labute approximate surface area is 144 Å². The monoisotopic (exact) mass is 438 g/mol. The molecule has 0 aromatic carbocycles. The number of likely N-dealkylation sites (tertiary alicyclic amines) is 1. The maximum Gasteiger partial charge on any atom is 0.409 e. The number of nitrogens with one attached hydrogen (secondary N) is 1. The average Bonchev–Trinajstić information content (AvgIpc) is 2.38. The van der Waals surface area contributed by atoms with Crippen LogP contribution in [0.2, 0.25) is 0 Å². The lowest BCUT2D eigenvalue weighted by molar-refractivity contribution is -0.132. The number of carbonyl (C=O) groups is 1. The molecule has 0 bridgehead atoms. The van der Waals surface area contributed by atoms with E-state index in [9.17, 15) is 18.0 Å². The first kappa shape index (κ1) is 21.1. The molecule has 1 rings (SSSR count). The molecule has 0 aromatic rings. The molecule has 10 heteroatoms. The van der Waals surface area contributed by atoms with Crippen LogP contribution in [-0.2, 0) is 4.74 Å². The molecule has 1 saturated heterocycles. The van der Waals surface area contributed by atoms with Gasteiger partial charge in [-0.3, -0.25) is 4.99 Å². The van der Waals surface area contributed by atoms with Crippen molar-refractivity contribution in [2.45, 2.75) is 38.4 Å². The number of rotatable bonds is 4. The molecule has 1 aliphatic heterocycles. The highest BCUT2D eigenvalue weighted by molar-refractivity contribution is 14.0. The van der Waals surface area contributed by atoms with Crippen LogP contribution in [0.5, 0.6) is 0 Å². The van der Waals surface area contributed by atoms with Crippen molar-refractivity contribution < 1.29 is 22.7 Å². The van der Waals surface area contributed by atoms with E-state index in [2.05, 4.69) is 10.3 Å². The number of halogens is 4. The first-order valence-electron chi connectivity index (χ1n) is 6.86. The van der Waals surface area contributed by atoms with E-state index in [-0.39, 0.29) is 48.6 Å². The Bertz CT molecular complexity index is 372. The second-order valence-corrected chi connectivity index (χ2v) is 4.74. The summed E-state index contributed by atoms with van der Waals surface area (Å²) in [6.07, 6.45) is -4.27. The van der Waals surface area contributed by atoms with Crippen molar-refractivity contribution in [3.8, 4) is 0 Å². The summed E-state index contributed by atoms with van der Waals surface area (Å²) in [6.45, 7) is 2.73. The summed E-state index contributed by atoms with van der Waals surface area (Å²) in [7, 11) is 0.